The number of rotatable bonds is 8. The smallest absolute Gasteiger partial charge is 0.264 e. The van der Waals surface area contributed by atoms with E-state index < -0.39 is 24.2 Å². The molecule has 6 aliphatic heterocycles. The zero-order chi connectivity index (χ0) is 47.1. The van der Waals surface area contributed by atoms with Crippen LogP contribution < -0.4 is 15.1 Å². The van der Waals surface area contributed by atoms with E-state index in [-0.39, 0.29) is 54.3 Å². The van der Waals surface area contributed by atoms with Crippen LogP contribution in [-0.2, 0) is 47.4 Å². The molecule has 1 atom stereocenters. The molecule has 356 valence electrons. The molecule has 0 saturated carbocycles. The average Bonchev–Trinajstić information content (AvgIpc) is 3.99. The Balaban J connectivity index is 0.778. The third-order valence-electron chi connectivity index (χ3n) is 15.5. The highest BCUT2D eigenvalue weighted by molar-refractivity contribution is 6.05. The number of likely N-dealkylation sites (tertiary alicyclic amines) is 1. The lowest BCUT2D eigenvalue weighted by Gasteiger charge is -2.39. The molecule has 3 saturated heterocycles. The molecular formula is C50H56F3N11O4. The fourth-order valence-corrected chi connectivity index (χ4v) is 11.9. The van der Waals surface area contributed by atoms with Crippen molar-refractivity contribution in [3.05, 3.63) is 81.6 Å². The zero-order valence-electron chi connectivity index (χ0n) is 38.7. The summed E-state index contributed by atoms with van der Waals surface area (Å²) in [6.07, 6.45) is 5.34. The molecule has 0 spiro atoms. The summed E-state index contributed by atoms with van der Waals surface area (Å²) in [5.41, 5.74) is 8.10. The third-order valence-corrected chi connectivity index (χ3v) is 15.5. The lowest BCUT2D eigenvalue weighted by Crippen LogP contribution is -2.52. The maximum absolute atomic E-state index is 16.1. The van der Waals surface area contributed by atoms with Crippen LogP contribution in [0.2, 0.25) is 0 Å². The van der Waals surface area contributed by atoms with Crippen molar-refractivity contribution in [2.45, 2.75) is 103 Å². The summed E-state index contributed by atoms with van der Waals surface area (Å²) in [6, 6.07) is 8.21. The monoisotopic (exact) mass is 931 g/mol. The Morgan fingerprint density at radius 1 is 0.853 bits per heavy atom. The van der Waals surface area contributed by atoms with Crippen molar-refractivity contribution in [3.63, 3.8) is 0 Å². The standard InChI is InChI=1S/C50H56F3N11O4/c1-28-21-43-46(56-55-28)37(25-58(43)3)34-22-31-5-4-15-62(42(31)23-35(34)47(52)53)48-38-26-61(29(2)65)20-14-39(38)64(57-48)32-12-16-59(17-13-32)24-30-10-18-60(19-11-30)40-7-6-33-36(45(40)51)27-63(50(33)68)41-8-9-44(66)54-49(41)67/h6-7,21-23,25,30,32,41,47H,4-5,8-20,24,26-27H2,1-3H3,(H,54,66,67). The number of hydrogen-bond acceptors (Lipinski definition) is 10. The van der Waals surface area contributed by atoms with Gasteiger partial charge < -0.3 is 29.1 Å². The molecule has 15 nitrogen and oxygen atoms in total. The molecule has 9 heterocycles. The van der Waals surface area contributed by atoms with Gasteiger partial charge in [0, 0.05) is 118 Å². The van der Waals surface area contributed by atoms with Gasteiger partial charge in [0.15, 0.2) is 11.6 Å². The summed E-state index contributed by atoms with van der Waals surface area (Å²) >= 11 is 0. The van der Waals surface area contributed by atoms with E-state index in [0.29, 0.717) is 73.0 Å². The number of alkyl halides is 2. The SMILES string of the molecule is CC(=O)N1CCc2c(c(N3CCCc4cc(-c5cn(C)c6cc(C)nnc56)c(C(F)F)cc43)nn2C2CCN(CC3CCN(c4ccc5c(c4F)CN(C4CCC(=O)NC4=O)C5=O)CC3)CC2)C1. The fraction of sp³-hybridized carbons (Fsp3) is 0.500. The number of anilines is 3. The molecule has 68 heavy (non-hydrogen) atoms. The Labute approximate surface area is 392 Å². The van der Waals surface area contributed by atoms with Crippen LogP contribution in [0.5, 0.6) is 0 Å². The number of halogens is 3. The second kappa shape index (κ2) is 17.3. The molecule has 2 aromatic carbocycles. The molecule has 3 aromatic heterocycles. The van der Waals surface area contributed by atoms with Crippen LogP contribution in [0, 0.1) is 18.7 Å². The Hall–Kier alpha value is -6.30. The minimum absolute atomic E-state index is 0.00202. The number of imide groups is 1. The highest BCUT2D eigenvalue weighted by atomic mass is 19.3. The highest BCUT2D eigenvalue weighted by Gasteiger charge is 2.42. The van der Waals surface area contributed by atoms with Crippen LogP contribution in [0.15, 0.2) is 36.5 Å². The van der Waals surface area contributed by atoms with Gasteiger partial charge in [-0.1, -0.05) is 0 Å². The molecule has 0 aliphatic carbocycles. The average molecular weight is 932 g/mol. The predicted molar refractivity (Wildman–Crippen MR) is 248 cm³/mol. The van der Waals surface area contributed by atoms with Crippen molar-refractivity contribution in [2.24, 2.45) is 13.0 Å². The van der Waals surface area contributed by atoms with Gasteiger partial charge in [0.25, 0.3) is 12.3 Å². The molecule has 3 fully saturated rings. The number of carbonyl (C=O) groups is 4. The second-order valence-corrected chi connectivity index (χ2v) is 19.7. The van der Waals surface area contributed by atoms with Crippen LogP contribution >= 0.6 is 0 Å². The van der Waals surface area contributed by atoms with Gasteiger partial charge in [0.2, 0.25) is 17.7 Å². The van der Waals surface area contributed by atoms with E-state index in [0.717, 1.165) is 97.7 Å². The van der Waals surface area contributed by atoms with Crippen molar-refractivity contribution in [3.8, 4) is 11.1 Å². The Kier molecular flexibility index (Phi) is 11.3. The third kappa shape index (κ3) is 7.68. The fourth-order valence-electron chi connectivity index (χ4n) is 11.9. The van der Waals surface area contributed by atoms with Crippen molar-refractivity contribution < 1.29 is 32.3 Å². The van der Waals surface area contributed by atoms with E-state index in [2.05, 4.69) is 34.9 Å². The number of hydrogen-bond donors (Lipinski definition) is 1. The maximum atomic E-state index is 16.1. The topological polar surface area (TPSA) is 145 Å². The molecule has 0 bridgehead atoms. The number of nitrogens with zero attached hydrogens (tertiary/aromatic N) is 10. The van der Waals surface area contributed by atoms with Crippen LogP contribution in [-0.4, -0.2) is 115 Å². The van der Waals surface area contributed by atoms with Gasteiger partial charge in [0.05, 0.1) is 36.0 Å². The van der Waals surface area contributed by atoms with E-state index in [9.17, 15) is 19.2 Å². The first-order valence-corrected chi connectivity index (χ1v) is 24.1. The lowest BCUT2D eigenvalue weighted by molar-refractivity contribution is -0.137. The number of carbonyl (C=O) groups excluding carboxylic acids is 4. The van der Waals surface area contributed by atoms with E-state index in [1.807, 2.05) is 41.8 Å². The van der Waals surface area contributed by atoms with Crippen molar-refractivity contribution in [1.82, 2.24) is 44.6 Å². The van der Waals surface area contributed by atoms with E-state index in [1.165, 1.54) is 4.90 Å². The van der Waals surface area contributed by atoms with Gasteiger partial charge in [0.1, 0.15) is 11.6 Å². The summed E-state index contributed by atoms with van der Waals surface area (Å²) in [5.74, 6) is -0.479. The quantitative estimate of drug-likeness (QED) is 0.171. The number of piperidine rings is 3. The zero-order valence-corrected chi connectivity index (χ0v) is 38.7. The van der Waals surface area contributed by atoms with Crippen LogP contribution in [0.25, 0.3) is 22.2 Å². The summed E-state index contributed by atoms with van der Waals surface area (Å²) in [4.78, 5) is 60.2. The van der Waals surface area contributed by atoms with Crippen LogP contribution in [0.3, 0.4) is 0 Å². The molecule has 5 aromatic rings. The molecule has 1 N–H and O–H groups in total. The van der Waals surface area contributed by atoms with Gasteiger partial charge in [-0.3, -0.25) is 29.2 Å². The first-order valence-electron chi connectivity index (χ1n) is 24.1. The van der Waals surface area contributed by atoms with Crippen molar-refractivity contribution in [1.29, 1.82) is 0 Å². The van der Waals surface area contributed by atoms with Crippen LogP contribution in [0.1, 0.15) is 108 Å². The van der Waals surface area contributed by atoms with Gasteiger partial charge in [-0.2, -0.15) is 10.2 Å². The first kappa shape index (κ1) is 44.2. The minimum Gasteiger partial charge on any atom is -0.369 e. The van der Waals surface area contributed by atoms with Crippen molar-refractivity contribution in [2.75, 3.05) is 55.6 Å². The first-order chi connectivity index (χ1) is 32.8. The van der Waals surface area contributed by atoms with E-state index in [1.54, 1.807) is 25.1 Å². The highest BCUT2D eigenvalue weighted by Crippen LogP contribution is 2.45. The molecule has 6 aliphatic rings. The normalized spacial score (nSPS) is 20.7. The molecule has 1 unspecified atom stereocenters. The molecule has 0 radical (unpaired) electrons. The largest absolute Gasteiger partial charge is 0.369 e. The number of aryl methyl sites for hydroxylation is 3. The van der Waals surface area contributed by atoms with Gasteiger partial charge in [-0.15, -0.1) is 5.10 Å². The summed E-state index contributed by atoms with van der Waals surface area (Å²) in [6.45, 7) is 9.23. The van der Waals surface area contributed by atoms with Gasteiger partial charge in [-0.05, 0) is 99.2 Å². The number of fused-ring (bicyclic) bond motifs is 4. The summed E-state index contributed by atoms with van der Waals surface area (Å²) in [5, 5.41) is 16.4. The van der Waals surface area contributed by atoms with Crippen molar-refractivity contribution >= 4 is 51.9 Å². The number of nitrogens with one attached hydrogen (secondary N) is 1. The maximum Gasteiger partial charge on any atom is 0.264 e. The number of amides is 4. The molecular weight excluding hydrogens is 876 g/mol. The van der Waals surface area contributed by atoms with Crippen LogP contribution in [0.4, 0.5) is 30.4 Å². The molecule has 18 heteroatoms. The number of benzene rings is 2. The number of aromatic nitrogens is 5. The Morgan fingerprint density at radius 2 is 1.65 bits per heavy atom. The minimum atomic E-state index is -2.73. The summed E-state index contributed by atoms with van der Waals surface area (Å²) in [7, 11) is 1.89. The summed E-state index contributed by atoms with van der Waals surface area (Å²) < 4.78 is 50.6. The van der Waals surface area contributed by atoms with E-state index >= 15 is 13.2 Å². The molecule has 4 amide bonds. The lowest BCUT2D eigenvalue weighted by atomic mass is 9.92. The predicted octanol–water partition coefficient (Wildman–Crippen LogP) is 6.52. The Morgan fingerprint density at radius 3 is 2.40 bits per heavy atom. The van der Waals surface area contributed by atoms with E-state index in [4.69, 9.17) is 5.10 Å². The Bertz CT molecular complexity index is 2880. The van der Waals surface area contributed by atoms with Gasteiger partial charge in [-0.25, -0.2) is 13.2 Å². The second-order valence-electron chi connectivity index (χ2n) is 19.7. The van der Waals surface area contributed by atoms with Gasteiger partial charge >= 0.3 is 0 Å². The molecule has 11 rings (SSSR count).